The van der Waals surface area contributed by atoms with Crippen LogP contribution in [0.4, 0.5) is 5.69 Å². The number of sulfonamides is 1. The van der Waals surface area contributed by atoms with E-state index in [4.69, 9.17) is 4.74 Å². The van der Waals surface area contributed by atoms with Gasteiger partial charge in [-0.1, -0.05) is 18.6 Å². The first-order valence-corrected chi connectivity index (χ1v) is 11.2. The van der Waals surface area contributed by atoms with Crippen LogP contribution in [0, 0.1) is 11.3 Å². The van der Waals surface area contributed by atoms with Crippen molar-refractivity contribution >= 4 is 27.7 Å². The number of phenols is 1. The van der Waals surface area contributed by atoms with E-state index in [1.807, 2.05) is 6.07 Å². The number of carbonyl (C=O) groups excluding carboxylic acids is 1. The molecule has 9 heteroatoms. The van der Waals surface area contributed by atoms with Crippen molar-refractivity contribution < 1.29 is 23.1 Å². The van der Waals surface area contributed by atoms with Crippen LogP contribution in [0.5, 0.6) is 11.5 Å². The van der Waals surface area contributed by atoms with Gasteiger partial charge in [-0.2, -0.15) is 9.57 Å². The van der Waals surface area contributed by atoms with Crippen molar-refractivity contribution in [3.8, 4) is 17.6 Å². The Morgan fingerprint density at radius 2 is 1.94 bits per heavy atom. The SMILES string of the molecule is COc1cc(C=C(C#N)C(=O)Nc2cccc(S(=O)(=O)N3CCCCC3)c2)ccc1O. The highest BCUT2D eigenvalue weighted by Crippen LogP contribution is 2.27. The number of aromatic hydroxyl groups is 1. The average Bonchev–Trinajstić information content (AvgIpc) is 2.79. The molecule has 3 rings (SSSR count). The first kappa shape index (κ1) is 22.3. The zero-order chi connectivity index (χ0) is 22.4. The zero-order valence-corrected chi connectivity index (χ0v) is 17.9. The topological polar surface area (TPSA) is 120 Å². The molecule has 8 nitrogen and oxygen atoms in total. The first-order chi connectivity index (χ1) is 14.8. The average molecular weight is 442 g/mol. The van der Waals surface area contributed by atoms with E-state index in [2.05, 4.69) is 5.32 Å². The molecule has 1 aliphatic rings. The highest BCUT2D eigenvalue weighted by Gasteiger charge is 2.26. The molecular weight excluding hydrogens is 418 g/mol. The Morgan fingerprint density at radius 1 is 1.19 bits per heavy atom. The van der Waals surface area contributed by atoms with E-state index in [9.17, 15) is 23.6 Å². The Morgan fingerprint density at radius 3 is 2.61 bits per heavy atom. The lowest BCUT2D eigenvalue weighted by atomic mass is 10.1. The third-order valence-electron chi connectivity index (χ3n) is 4.92. The van der Waals surface area contributed by atoms with Gasteiger partial charge >= 0.3 is 0 Å². The van der Waals surface area contributed by atoms with Crippen molar-refractivity contribution in [3.05, 3.63) is 53.6 Å². The van der Waals surface area contributed by atoms with E-state index < -0.39 is 15.9 Å². The van der Waals surface area contributed by atoms with E-state index in [1.165, 1.54) is 47.8 Å². The van der Waals surface area contributed by atoms with Gasteiger partial charge in [0.15, 0.2) is 11.5 Å². The van der Waals surface area contributed by atoms with Crippen LogP contribution in [0.2, 0.25) is 0 Å². The van der Waals surface area contributed by atoms with Crippen LogP contribution in [0.25, 0.3) is 6.08 Å². The summed E-state index contributed by atoms with van der Waals surface area (Å²) in [7, 11) is -2.25. The second-order valence-corrected chi connectivity index (χ2v) is 8.99. The number of amides is 1. The Bertz CT molecular complexity index is 1150. The minimum atomic E-state index is -3.64. The van der Waals surface area contributed by atoms with Gasteiger partial charge in [-0.3, -0.25) is 4.79 Å². The number of ether oxygens (including phenoxy) is 1. The van der Waals surface area contributed by atoms with Crippen LogP contribution in [-0.2, 0) is 14.8 Å². The molecule has 2 aromatic rings. The predicted molar refractivity (Wildman–Crippen MR) is 116 cm³/mol. The molecule has 2 N–H and O–H groups in total. The van der Waals surface area contributed by atoms with Gasteiger partial charge in [-0.15, -0.1) is 0 Å². The Balaban J connectivity index is 1.81. The molecule has 0 spiro atoms. The molecule has 1 fully saturated rings. The molecule has 0 radical (unpaired) electrons. The third kappa shape index (κ3) is 5.23. The standard InChI is InChI=1S/C22H23N3O5S/c1-30-21-13-16(8-9-20(21)26)12-17(15-23)22(27)24-18-6-5-7-19(14-18)31(28,29)25-10-3-2-4-11-25/h5-9,12-14,26H,2-4,10-11H2,1H3,(H,24,27). The zero-order valence-electron chi connectivity index (χ0n) is 17.0. The Hall–Kier alpha value is -3.35. The molecule has 0 unspecified atom stereocenters. The Kier molecular flexibility index (Phi) is 6.95. The molecule has 0 aliphatic carbocycles. The highest BCUT2D eigenvalue weighted by atomic mass is 32.2. The lowest BCUT2D eigenvalue weighted by Crippen LogP contribution is -2.35. The normalized spacial score (nSPS) is 15.2. The minimum absolute atomic E-state index is 0.0608. The number of nitriles is 1. The summed E-state index contributed by atoms with van der Waals surface area (Å²) in [5, 5.41) is 21.7. The van der Waals surface area contributed by atoms with Crippen molar-refractivity contribution in [2.24, 2.45) is 0 Å². The number of nitrogens with zero attached hydrogens (tertiary/aromatic N) is 2. The minimum Gasteiger partial charge on any atom is -0.504 e. The fourth-order valence-electron chi connectivity index (χ4n) is 3.29. The number of rotatable bonds is 6. The van der Waals surface area contributed by atoms with Crippen molar-refractivity contribution in [1.29, 1.82) is 5.26 Å². The molecule has 1 saturated heterocycles. The number of methoxy groups -OCH3 is 1. The van der Waals surface area contributed by atoms with E-state index in [0.717, 1.165) is 19.3 Å². The summed E-state index contributed by atoms with van der Waals surface area (Å²) in [4.78, 5) is 12.7. The number of phenolic OH excluding ortho intramolecular Hbond substituents is 1. The molecular formula is C22H23N3O5S. The number of carbonyl (C=O) groups is 1. The maximum absolute atomic E-state index is 12.9. The van der Waals surface area contributed by atoms with Crippen molar-refractivity contribution in [2.75, 3.05) is 25.5 Å². The van der Waals surface area contributed by atoms with Crippen molar-refractivity contribution in [2.45, 2.75) is 24.2 Å². The van der Waals surface area contributed by atoms with E-state index in [-0.39, 0.29) is 27.7 Å². The van der Waals surface area contributed by atoms with Gasteiger partial charge in [0.1, 0.15) is 11.6 Å². The molecule has 0 aromatic heterocycles. The summed E-state index contributed by atoms with van der Waals surface area (Å²) in [6.45, 7) is 0.965. The predicted octanol–water partition coefficient (Wildman–Crippen LogP) is 3.12. The fraction of sp³-hybridized carbons (Fsp3) is 0.273. The Labute approximate surface area is 181 Å². The summed E-state index contributed by atoms with van der Waals surface area (Å²) < 4.78 is 32.2. The summed E-state index contributed by atoms with van der Waals surface area (Å²) in [6, 6.07) is 12.3. The molecule has 2 aromatic carbocycles. The number of hydrogen-bond acceptors (Lipinski definition) is 6. The molecule has 0 atom stereocenters. The molecule has 162 valence electrons. The third-order valence-corrected chi connectivity index (χ3v) is 6.82. The maximum atomic E-state index is 12.9. The molecule has 0 saturated carbocycles. The summed E-state index contributed by atoms with van der Waals surface area (Å²) >= 11 is 0. The summed E-state index contributed by atoms with van der Waals surface area (Å²) in [6.07, 6.45) is 4.02. The highest BCUT2D eigenvalue weighted by molar-refractivity contribution is 7.89. The fourth-order valence-corrected chi connectivity index (χ4v) is 4.85. The van der Waals surface area contributed by atoms with E-state index in [0.29, 0.717) is 18.7 Å². The number of piperidine rings is 1. The van der Waals surface area contributed by atoms with E-state index in [1.54, 1.807) is 12.1 Å². The molecule has 0 bridgehead atoms. The maximum Gasteiger partial charge on any atom is 0.266 e. The van der Waals surface area contributed by atoms with Crippen LogP contribution < -0.4 is 10.1 Å². The monoisotopic (exact) mass is 441 g/mol. The van der Waals surface area contributed by atoms with Gasteiger partial charge in [0.2, 0.25) is 10.0 Å². The number of hydrogen-bond donors (Lipinski definition) is 2. The van der Waals surface area contributed by atoms with Gasteiger partial charge in [-0.25, -0.2) is 8.42 Å². The van der Waals surface area contributed by atoms with Gasteiger partial charge < -0.3 is 15.2 Å². The van der Waals surface area contributed by atoms with Gasteiger partial charge in [0, 0.05) is 18.8 Å². The second kappa shape index (κ2) is 9.64. The van der Waals surface area contributed by atoms with Gasteiger partial charge in [0.25, 0.3) is 5.91 Å². The smallest absolute Gasteiger partial charge is 0.266 e. The van der Waals surface area contributed by atoms with Crippen molar-refractivity contribution in [3.63, 3.8) is 0 Å². The lowest BCUT2D eigenvalue weighted by molar-refractivity contribution is -0.112. The number of benzene rings is 2. The molecule has 1 aliphatic heterocycles. The second-order valence-electron chi connectivity index (χ2n) is 7.05. The largest absolute Gasteiger partial charge is 0.504 e. The van der Waals surface area contributed by atoms with Gasteiger partial charge in [0.05, 0.1) is 12.0 Å². The summed E-state index contributed by atoms with van der Waals surface area (Å²) in [5.41, 5.74) is 0.576. The number of nitrogens with one attached hydrogen (secondary N) is 1. The van der Waals surface area contributed by atoms with Crippen molar-refractivity contribution in [1.82, 2.24) is 4.31 Å². The summed E-state index contributed by atoms with van der Waals surface area (Å²) in [5.74, 6) is -0.529. The quantitative estimate of drug-likeness (QED) is 0.525. The van der Waals surface area contributed by atoms with Crippen LogP contribution in [0.1, 0.15) is 24.8 Å². The first-order valence-electron chi connectivity index (χ1n) is 9.75. The van der Waals surface area contributed by atoms with Crippen LogP contribution in [0.3, 0.4) is 0 Å². The molecule has 1 heterocycles. The molecule has 31 heavy (non-hydrogen) atoms. The van der Waals surface area contributed by atoms with Crippen LogP contribution >= 0.6 is 0 Å². The number of anilines is 1. The van der Waals surface area contributed by atoms with Crippen LogP contribution in [-0.4, -0.2) is 43.9 Å². The van der Waals surface area contributed by atoms with Gasteiger partial charge in [-0.05, 0) is 54.8 Å². The molecule has 1 amide bonds. The van der Waals surface area contributed by atoms with E-state index >= 15 is 0 Å². The van der Waals surface area contributed by atoms with Crippen LogP contribution in [0.15, 0.2) is 52.9 Å². The lowest BCUT2D eigenvalue weighted by Gasteiger charge is -2.26.